The Morgan fingerprint density at radius 1 is 1.40 bits per heavy atom. The van der Waals surface area contributed by atoms with E-state index < -0.39 is 0 Å². The summed E-state index contributed by atoms with van der Waals surface area (Å²) < 4.78 is 0.544. The van der Waals surface area contributed by atoms with Gasteiger partial charge in [0.2, 0.25) is 0 Å². The summed E-state index contributed by atoms with van der Waals surface area (Å²) >= 11 is 4.78. The molecule has 1 N–H and O–H groups in total. The first-order valence-electron chi connectivity index (χ1n) is 4.17. The van der Waals surface area contributed by atoms with Gasteiger partial charge in [0.15, 0.2) is 0 Å². The van der Waals surface area contributed by atoms with Crippen LogP contribution in [0.25, 0.3) is 11.1 Å². The zero-order valence-corrected chi connectivity index (χ0v) is 9.97. The van der Waals surface area contributed by atoms with Crippen LogP contribution in [0.15, 0.2) is 33.4 Å². The maximum Gasteiger partial charge on any atom is 0.137 e. The zero-order valence-electron chi connectivity index (χ0n) is 7.57. The second kappa shape index (κ2) is 4.05. The number of aromatic hydroxyl groups is 1. The Hall–Kier alpha value is -1.31. The molecule has 15 heavy (non-hydrogen) atoms. The molecule has 0 unspecified atom stereocenters. The van der Waals surface area contributed by atoms with Gasteiger partial charge in [-0.05, 0) is 50.5 Å². The first-order chi connectivity index (χ1) is 7.22. The molecule has 0 aliphatic heterocycles. The average molecular weight is 280 g/mol. The lowest BCUT2D eigenvalue weighted by molar-refractivity contribution is 0.474. The SMILES string of the molecule is N#Cc1cc(Br)c(O)c(-c2ccsc2)c1. The molecular weight excluding hydrogens is 274 g/mol. The predicted octanol–water partition coefficient (Wildman–Crippen LogP) is 3.75. The molecule has 2 aromatic rings. The number of phenolic OH excluding ortho intramolecular Hbond substituents is 1. The normalized spacial score (nSPS) is 9.87. The summed E-state index contributed by atoms with van der Waals surface area (Å²) in [5.41, 5.74) is 2.14. The first-order valence-corrected chi connectivity index (χ1v) is 5.91. The number of hydrogen-bond donors (Lipinski definition) is 1. The van der Waals surface area contributed by atoms with Crippen molar-refractivity contribution in [3.63, 3.8) is 0 Å². The molecule has 0 saturated carbocycles. The van der Waals surface area contributed by atoms with Crippen LogP contribution in [0.2, 0.25) is 0 Å². The van der Waals surface area contributed by atoms with Gasteiger partial charge in [0.05, 0.1) is 16.1 Å². The maximum absolute atomic E-state index is 9.84. The molecule has 2 nitrogen and oxygen atoms in total. The molecule has 0 saturated heterocycles. The fourth-order valence-electron chi connectivity index (χ4n) is 1.30. The lowest BCUT2D eigenvalue weighted by Gasteiger charge is -2.05. The van der Waals surface area contributed by atoms with Crippen LogP contribution in [-0.2, 0) is 0 Å². The van der Waals surface area contributed by atoms with Crippen LogP contribution < -0.4 is 0 Å². The summed E-state index contributed by atoms with van der Waals surface area (Å²) in [6.45, 7) is 0. The van der Waals surface area contributed by atoms with Gasteiger partial charge < -0.3 is 5.11 Å². The van der Waals surface area contributed by atoms with Gasteiger partial charge in [-0.3, -0.25) is 0 Å². The van der Waals surface area contributed by atoms with Crippen LogP contribution in [0.4, 0.5) is 0 Å². The molecule has 0 radical (unpaired) electrons. The van der Waals surface area contributed by atoms with Crippen molar-refractivity contribution >= 4 is 27.3 Å². The number of nitrogens with zero attached hydrogens (tertiary/aromatic N) is 1. The number of halogens is 1. The number of rotatable bonds is 1. The van der Waals surface area contributed by atoms with Crippen molar-refractivity contribution in [2.45, 2.75) is 0 Å². The summed E-state index contributed by atoms with van der Waals surface area (Å²) in [4.78, 5) is 0. The molecule has 0 spiro atoms. The molecule has 0 amide bonds. The standard InChI is InChI=1S/C11H6BrNOS/c12-10-4-7(5-13)3-9(11(10)14)8-1-2-15-6-8/h1-4,6,14H. The molecule has 0 aliphatic rings. The fraction of sp³-hybridized carbons (Fsp3) is 0. The number of benzene rings is 1. The number of phenols is 1. The number of thiophene rings is 1. The summed E-state index contributed by atoms with van der Waals surface area (Å²) in [6.07, 6.45) is 0. The van der Waals surface area contributed by atoms with Crippen molar-refractivity contribution in [3.8, 4) is 22.9 Å². The summed E-state index contributed by atoms with van der Waals surface area (Å²) in [5.74, 6) is 0.174. The largest absolute Gasteiger partial charge is 0.506 e. The fourth-order valence-corrected chi connectivity index (χ4v) is 2.42. The third-order valence-corrected chi connectivity index (χ3v) is 3.31. The quantitative estimate of drug-likeness (QED) is 0.864. The molecular formula is C11H6BrNOS. The smallest absolute Gasteiger partial charge is 0.137 e. The van der Waals surface area contributed by atoms with E-state index >= 15 is 0 Å². The third-order valence-electron chi connectivity index (χ3n) is 2.02. The van der Waals surface area contributed by atoms with Gasteiger partial charge in [-0.2, -0.15) is 16.6 Å². The first kappa shape index (κ1) is 10.2. The van der Waals surface area contributed by atoms with E-state index in [1.165, 1.54) is 0 Å². The lowest BCUT2D eigenvalue weighted by Crippen LogP contribution is -1.81. The summed E-state index contributed by atoms with van der Waals surface area (Å²) in [5, 5.41) is 22.5. The highest BCUT2D eigenvalue weighted by atomic mass is 79.9. The molecule has 0 atom stereocenters. The highest BCUT2D eigenvalue weighted by molar-refractivity contribution is 9.10. The van der Waals surface area contributed by atoms with Crippen molar-refractivity contribution in [2.24, 2.45) is 0 Å². The van der Waals surface area contributed by atoms with Gasteiger partial charge in [0, 0.05) is 5.56 Å². The minimum Gasteiger partial charge on any atom is -0.506 e. The Morgan fingerprint density at radius 2 is 2.20 bits per heavy atom. The third kappa shape index (κ3) is 1.89. The summed E-state index contributed by atoms with van der Waals surface area (Å²) in [6, 6.07) is 7.25. The molecule has 1 aromatic carbocycles. The highest BCUT2D eigenvalue weighted by Crippen LogP contribution is 2.37. The lowest BCUT2D eigenvalue weighted by atomic mass is 10.1. The van der Waals surface area contributed by atoms with E-state index in [1.54, 1.807) is 23.5 Å². The van der Waals surface area contributed by atoms with Crippen molar-refractivity contribution < 1.29 is 5.11 Å². The van der Waals surface area contributed by atoms with E-state index in [-0.39, 0.29) is 5.75 Å². The molecule has 2 rings (SSSR count). The van der Waals surface area contributed by atoms with E-state index in [1.807, 2.05) is 16.8 Å². The van der Waals surface area contributed by atoms with E-state index in [0.29, 0.717) is 15.6 Å². The van der Waals surface area contributed by atoms with Crippen LogP contribution in [0.3, 0.4) is 0 Å². The molecule has 74 valence electrons. The number of hydrogen-bond acceptors (Lipinski definition) is 3. The second-order valence-electron chi connectivity index (χ2n) is 2.98. The second-order valence-corrected chi connectivity index (χ2v) is 4.61. The average Bonchev–Trinajstić information content (AvgIpc) is 2.75. The Morgan fingerprint density at radius 3 is 2.80 bits per heavy atom. The predicted molar refractivity (Wildman–Crippen MR) is 63.8 cm³/mol. The molecule has 0 aliphatic carbocycles. The molecule has 1 heterocycles. The number of nitriles is 1. The van der Waals surface area contributed by atoms with E-state index in [9.17, 15) is 5.11 Å². The van der Waals surface area contributed by atoms with Crippen LogP contribution >= 0.6 is 27.3 Å². The van der Waals surface area contributed by atoms with Gasteiger partial charge in [-0.1, -0.05) is 0 Å². The van der Waals surface area contributed by atoms with Crippen molar-refractivity contribution in [1.29, 1.82) is 5.26 Å². The molecule has 4 heteroatoms. The van der Waals surface area contributed by atoms with Gasteiger partial charge in [-0.25, -0.2) is 0 Å². The van der Waals surface area contributed by atoms with Gasteiger partial charge >= 0.3 is 0 Å². The minimum atomic E-state index is 0.174. The van der Waals surface area contributed by atoms with Crippen LogP contribution in [0.5, 0.6) is 5.75 Å². The van der Waals surface area contributed by atoms with E-state index in [2.05, 4.69) is 22.0 Å². The van der Waals surface area contributed by atoms with Crippen molar-refractivity contribution in [3.05, 3.63) is 39.0 Å². The molecule has 0 fully saturated rings. The molecule has 0 bridgehead atoms. The Labute approximate surface area is 99.5 Å². The monoisotopic (exact) mass is 279 g/mol. The summed E-state index contributed by atoms with van der Waals surface area (Å²) in [7, 11) is 0. The topological polar surface area (TPSA) is 44.0 Å². The van der Waals surface area contributed by atoms with Crippen LogP contribution in [0, 0.1) is 11.3 Å². The Bertz CT molecular complexity index is 528. The van der Waals surface area contributed by atoms with Gasteiger partial charge in [-0.15, -0.1) is 0 Å². The van der Waals surface area contributed by atoms with Crippen LogP contribution in [-0.4, -0.2) is 5.11 Å². The minimum absolute atomic E-state index is 0.174. The van der Waals surface area contributed by atoms with Gasteiger partial charge in [0.25, 0.3) is 0 Å². The van der Waals surface area contributed by atoms with Crippen LogP contribution in [0.1, 0.15) is 5.56 Å². The van der Waals surface area contributed by atoms with Gasteiger partial charge in [0.1, 0.15) is 5.75 Å². The van der Waals surface area contributed by atoms with Crippen molar-refractivity contribution in [2.75, 3.05) is 0 Å². The van der Waals surface area contributed by atoms with E-state index in [4.69, 9.17) is 5.26 Å². The maximum atomic E-state index is 9.84. The highest BCUT2D eigenvalue weighted by Gasteiger charge is 2.10. The van der Waals surface area contributed by atoms with Crippen molar-refractivity contribution in [1.82, 2.24) is 0 Å². The Balaban J connectivity index is 2.66. The Kier molecular flexibility index (Phi) is 2.76. The molecule has 1 aromatic heterocycles. The van der Waals surface area contributed by atoms with E-state index in [0.717, 1.165) is 5.56 Å². The zero-order chi connectivity index (χ0) is 10.8.